The highest BCUT2D eigenvalue weighted by Gasteiger charge is 2.30. The Hall–Kier alpha value is -1.70. The highest BCUT2D eigenvalue weighted by atomic mass is 16.5. The van der Waals surface area contributed by atoms with Gasteiger partial charge in [-0.2, -0.15) is 10.2 Å². The summed E-state index contributed by atoms with van der Waals surface area (Å²) in [4.78, 5) is 0. The van der Waals surface area contributed by atoms with Crippen LogP contribution in [0.1, 0.15) is 42.0 Å². The van der Waals surface area contributed by atoms with Gasteiger partial charge in [0.05, 0.1) is 31.1 Å². The van der Waals surface area contributed by atoms with Crippen LogP contribution in [0.25, 0.3) is 0 Å². The third kappa shape index (κ3) is 3.94. The molecule has 2 atom stereocenters. The molecule has 2 aromatic heterocycles. The Morgan fingerprint density at radius 1 is 1.40 bits per heavy atom. The van der Waals surface area contributed by atoms with Crippen molar-refractivity contribution in [3.05, 3.63) is 34.9 Å². The molecular formula is C18H29N5O2. The average molecular weight is 347 g/mol. The quantitative estimate of drug-likeness (QED) is 0.758. The number of aliphatic hydroxyl groups is 1. The number of aromatic nitrogens is 4. The van der Waals surface area contributed by atoms with Crippen LogP contribution in [0.15, 0.2) is 12.4 Å². The molecule has 3 heterocycles. The van der Waals surface area contributed by atoms with E-state index in [1.807, 2.05) is 22.5 Å². The van der Waals surface area contributed by atoms with Gasteiger partial charge in [0.1, 0.15) is 0 Å². The topological polar surface area (TPSA) is 77.1 Å². The number of aryl methyl sites for hydroxylation is 2. The molecule has 0 spiro atoms. The third-order valence-electron chi connectivity index (χ3n) is 5.07. The molecule has 2 aromatic rings. The summed E-state index contributed by atoms with van der Waals surface area (Å²) < 4.78 is 9.79. The second kappa shape index (κ2) is 8.12. The molecule has 1 aliphatic heterocycles. The van der Waals surface area contributed by atoms with E-state index in [1.54, 1.807) is 0 Å². The van der Waals surface area contributed by atoms with Gasteiger partial charge in [-0.05, 0) is 27.2 Å². The lowest BCUT2D eigenvalue weighted by molar-refractivity contribution is 0.0903. The lowest BCUT2D eigenvalue weighted by atomic mass is 9.97. The van der Waals surface area contributed by atoms with Gasteiger partial charge >= 0.3 is 0 Å². The Morgan fingerprint density at radius 2 is 2.24 bits per heavy atom. The molecule has 1 saturated heterocycles. The molecule has 0 aliphatic carbocycles. The fraction of sp³-hybridized carbons (Fsp3) is 0.667. The largest absolute Gasteiger partial charge is 0.394 e. The Labute approximate surface area is 149 Å². The zero-order valence-corrected chi connectivity index (χ0v) is 15.4. The molecule has 2 N–H and O–H groups in total. The SMILES string of the molecule is CCn1cc(C2OCCC2CNCc2c(C)nn(CCO)c2C)cn1. The van der Waals surface area contributed by atoms with Crippen LogP contribution in [0.3, 0.4) is 0 Å². The summed E-state index contributed by atoms with van der Waals surface area (Å²) in [7, 11) is 0. The predicted octanol–water partition coefficient (Wildman–Crippen LogP) is 1.58. The molecule has 7 nitrogen and oxygen atoms in total. The summed E-state index contributed by atoms with van der Waals surface area (Å²) in [5.74, 6) is 0.461. The maximum absolute atomic E-state index is 9.12. The molecule has 0 saturated carbocycles. The smallest absolute Gasteiger partial charge is 0.0896 e. The number of rotatable bonds is 8. The van der Waals surface area contributed by atoms with Crippen LogP contribution >= 0.6 is 0 Å². The van der Waals surface area contributed by atoms with Gasteiger partial charge in [-0.1, -0.05) is 0 Å². The lowest BCUT2D eigenvalue weighted by Crippen LogP contribution is -2.25. The van der Waals surface area contributed by atoms with Gasteiger partial charge < -0.3 is 15.2 Å². The van der Waals surface area contributed by atoms with Gasteiger partial charge in [0.25, 0.3) is 0 Å². The first-order valence-corrected chi connectivity index (χ1v) is 9.12. The van der Waals surface area contributed by atoms with Crippen molar-refractivity contribution < 1.29 is 9.84 Å². The molecule has 0 aromatic carbocycles. The highest BCUT2D eigenvalue weighted by Crippen LogP contribution is 2.33. The molecule has 7 heteroatoms. The Kier molecular flexibility index (Phi) is 5.88. The molecular weight excluding hydrogens is 318 g/mol. The fourth-order valence-corrected chi connectivity index (χ4v) is 3.60. The van der Waals surface area contributed by atoms with Crippen molar-refractivity contribution in [1.82, 2.24) is 24.9 Å². The Balaban J connectivity index is 1.58. The normalized spacial score (nSPS) is 20.5. The van der Waals surface area contributed by atoms with Crippen LogP contribution in [0.2, 0.25) is 0 Å². The molecule has 0 amide bonds. The Morgan fingerprint density at radius 3 is 2.96 bits per heavy atom. The zero-order chi connectivity index (χ0) is 17.8. The predicted molar refractivity (Wildman–Crippen MR) is 95.2 cm³/mol. The van der Waals surface area contributed by atoms with E-state index in [-0.39, 0.29) is 12.7 Å². The summed E-state index contributed by atoms with van der Waals surface area (Å²) in [6, 6.07) is 0. The standard InChI is InChI=1S/C18H29N5O2/c1-4-22-12-16(10-20-22)18-15(5-8-25-18)9-19-11-17-13(2)21-23(6-7-24)14(17)3/h10,12,15,18-19,24H,4-9,11H2,1-3H3. The van der Waals surface area contributed by atoms with Crippen LogP contribution in [-0.2, 0) is 24.4 Å². The molecule has 2 unspecified atom stereocenters. The second-order valence-corrected chi connectivity index (χ2v) is 6.70. The minimum absolute atomic E-state index is 0.112. The first-order chi connectivity index (χ1) is 12.1. The van der Waals surface area contributed by atoms with Gasteiger partial charge in [-0.3, -0.25) is 9.36 Å². The molecule has 1 fully saturated rings. The van der Waals surface area contributed by atoms with E-state index in [1.165, 1.54) is 11.1 Å². The van der Waals surface area contributed by atoms with Crippen LogP contribution in [0, 0.1) is 19.8 Å². The van der Waals surface area contributed by atoms with E-state index in [9.17, 15) is 0 Å². The van der Waals surface area contributed by atoms with E-state index in [0.717, 1.165) is 44.0 Å². The first-order valence-electron chi connectivity index (χ1n) is 9.12. The summed E-state index contributed by atoms with van der Waals surface area (Å²) in [6.07, 6.45) is 5.22. The van der Waals surface area contributed by atoms with Crippen LogP contribution in [-0.4, -0.2) is 44.4 Å². The molecule has 138 valence electrons. The minimum Gasteiger partial charge on any atom is -0.394 e. The van der Waals surface area contributed by atoms with Gasteiger partial charge in [-0.25, -0.2) is 0 Å². The van der Waals surface area contributed by atoms with Crippen molar-refractivity contribution in [3.8, 4) is 0 Å². The van der Waals surface area contributed by atoms with Gasteiger partial charge in [0, 0.05) is 55.2 Å². The van der Waals surface area contributed by atoms with Crippen molar-refractivity contribution in [2.75, 3.05) is 19.8 Å². The van der Waals surface area contributed by atoms with Crippen molar-refractivity contribution >= 4 is 0 Å². The van der Waals surface area contributed by atoms with Crippen LogP contribution in [0.5, 0.6) is 0 Å². The summed E-state index contributed by atoms with van der Waals surface area (Å²) in [5.41, 5.74) is 4.56. The fourth-order valence-electron chi connectivity index (χ4n) is 3.60. The van der Waals surface area contributed by atoms with Crippen LogP contribution in [0.4, 0.5) is 0 Å². The van der Waals surface area contributed by atoms with E-state index >= 15 is 0 Å². The maximum atomic E-state index is 9.12. The number of aliphatic hydroxyl groups excluding tert-OH is 1. The molecule has 1 aliphatic rings. The molecule has 25 heavy (non-hydrogen) atoms. The van der Waals surface area contributed by atoms with Gasteiger partial charge in [-0.15, -0.1) is 0 Å². The number of nitrogens with zero attached hydrogens (tertiary/aromatic N) is 4. The van der Waals surface area contributed by atoms with Crippen LogP contribution < -0.4 is 5.32 Å². The van der Waals surface area contributed by atoms with Gasteiger partial charge in [0.2, 0.25) is 0 Å². The lowest BCUT2D eigenvalue weighted by Gasteiger charge is -2.18. The number of hydrogen-bond acceptors (Lipinski definition) is 5. The first kappa shape index (κ1) is 18.1. The minimum atomic E-state index is 0.112. The van der Waals surface area contributed by atoms with E-state index < -0.39 is 0 Å². The summed E-state index contributed by atoms with van der Waals surface area (Å²) in [5, 5.41) is 21.6. The molecule has 0 bridgehead atoms. The molecule has 3 rings (SSSR count). The summed E-state index contributed by atoms with van der Waals surface area (Å²) in [6.45, 7) is 10.2. The zero-order valence-electron chi connectivity index (χ0n) is 15.4. The van der Waals surface area contributed by atoms with Crippen molar-refractivity contribution in [1.29, 1.82) is 0 Å². The monoisotopic (exact) mass is 347 g/mol. The van der Waals surface area contributed by atoms with E-state index in [0.29, 0.717) is 12.5 Å². The highest BCUT2D eigenvalue weighted by molar-refractivity contribution is 5.24. The number of hydrogen-bond donors (Lipinski definition) is 2. The Bertz CT molecular complexity index is 694. The maximum Gasteiger partial charge on any atom is 0.0896 e. The number of nitrogens with one attached hydrogen (secondary N) is 1. The third-order valence-corrected chi connectivity index (χ3v) is 5.07. The van der Waals surface area contributed by atoms with E-state index in [4.69, 9.17) is 9.84 Å². The molecule has 0 radical (unpaired) electrons. The van der Waals surface area contributed by atoms with Crippen molar-refractivity contribution in [2.24, 2.45) is 5.92 Å². The van der Waals surface area contributed by atoms with Gasteiger partial charge in [0.15, 0.2) is 0 Å². The average Bonchev–Trinajstić information content (AvgIpc) is 3.30. The van der Waals surface area contributed by atoms with E-state index in [2.05, 4.69) is 35.6 Å². The van der Waals surface area contributed by atoms with Crippen molar-refractivity contribution in [2.45, 2.75) is 52.9 Å². The van der Waals surface area contributed by atoms with Crippen molar-refractivity contribution in [3.63, 3.8) is 0 Å². The summed E-state index contributed by atoms with van der Waals surface area (Å²) >= 11 is 0. The second-order valence-electron chi connectivity index (χ2n) is 6.70. The number of ether oxygens (including phenoxy) is 1.